The van der Waals surface area contributed by atoms with Crippen molar-refractivity contribution in [1.29, 1.82) is 0 Å². The summed E-state index contributed by atoms with van der Waals surface area (Å²) in [5.74, 6) is 1.08. The van der Waals surface area contributed by atoms with Crippen LogP contribution < -0.4 is 4.74 Å². The molecule has 0 atom stereocenters. The molecule has 1 aromatic heterocycles. The molecule has 0 bridgehead atoms. The quantitative estimate of drug-likeness (QED) is 0.745. The smallest absolute Gasteiger partial charge is 0.219 e. The van der Waals surface area contributed by atoms with E-state index in [2.05, 4.69) is 36.8 Å². The lowest BCUT2D eigenvalue weighted by molar-refractivity contribution is 0.462. The summed E-state index contributed by atoms with van der Waals surface area (Å²) in [6, 6.07) is 9.03. The summed E-state index contributed by atoms with van der Waals surface area (Å²) in [6.45, 7) is 0. The second-order valence-corrected chi connectivity index (χ2v) is 5.23. The van der Waals surface area contributed by atoms with Gasteiger partial charge in [0.15, 0.2) is 0 Å². The summed E-state index contributed by atoms with van der Waals surface area (Å²) in [7, 11) is 0. The van der Waals surface area contributed by atoms with Gasteiger partial charge in [-0.2, -0.15) is 0 Å². The fourth-order valence-electron chi connectivity index (χ4n) is 1.09. The molecule has 0 fully saturated rings. The first-order valence-electron chi connectivity index (χ1n) is 4.39. The number of aromatic nitrogens is 1. The fraction of sp³-hybridized carbons (Fsp3) is 0. The average molecular weight is 363 g/mol. The van der Waals surface area contributed by atoms with Crippen molar-refractivity contribution in [2.24, 2.45) is 0 Å². The number of nitrogens with zero attached hydrogens (tertiary/aromatic N) is 1. The molecule has 0 aliphatic carbocycles. The van der Waals surface area contributed by atoms with Crippen molar-refractivity contribution in [3.05, 3.63) is 50.5 Å². The fourth-order valence-corrected chi connectivity index (χ4v) is 1.82. The van der Waals surface area contributed by atoms with Gasteiger partial charge in [0.05, 0.1) is 5.02 Å². The van der Waals surface area contributed by atoms with Gasteiger partial charge < -0.3 is 4.74 Å². The van der Waals surface area contributed by atoms with Crippen molar-refractivity contribution in [1.82, 2.24) is 4.98 Å². The number of ether oxygens (including phenoxy) is 1. The van der Waals surface area contributed by atoms with Gasteiger partial charge >= 0.3 is 0 Å². The van der Waals surface area contributed by atoms with Crippen molar-refractivity contribution in [2.45, 2.75) is 0 Å². The van der Waals surface area contributed by atoms with Gasteiger partial charge in [-0.1, -0.05) is 27.5 Å². The summed E-state index contributed by atoms with van der Waals surface area (Å²) in [4.78, 5) is 4.10. The first-order valence-corrected chi connectivity index (χ1v) is 6.36. The normalized spacial score (nSPS) is 10.2. The van der Waals surface area contributed by atoms with Gasteiger partial charge in [0.1, 0.15) is 5.75 Å². The summed E-state index contributed by atoms with van der Waals surface area (Å²) in [5.41, 5.74) is 0. The zero-order valence-corrected chi connectivity index (χ0v) is 11.9. The molecular formula is C11H6Br2ClNO. The number of hydrogen-bond acceptors (Lipinski definition) is 2. The molecular weight excluding hydrogens is 357 g/mol. The lowest BCUT2D eigenvalue weighted by Gasteiger charge is -2.06. The van der Waals surface area contributed by atoms with E-state index >= 15 is 0 Å². The van der Waals surface area contributed by atoms with Crippen LogP contribution in [-0.4, -0.2) is 4.98 Å². The largest absolute Gasteiger partial charge is 0.437 e. The van der Waals surface area contributed by atoms with Crippen LogP contribution in [-0.2, 0) is 0 Å². The Kier molecular flexibility index (Phi) is 3.84. The van der Waals surface area contributed by atoms with E-state index < -0.39 is 0 Å². The predicted octanol–water partition coefficient (Wildman–Crippen LogP) is 5.05. The van der Waals surface area contributed by atoms with E-state index in [0.29, 0.717) is 16.7 Å². The third-order valence-corrected chi connectivity index (χ3v) is 3.08. The highest BCUT2D eigenvalue weighted by Crippen LogP contribution is 2.31. The Morgan fingerprint density at radius 2 is 1.81 bits per heavy atom. The van der Waals surface area contributed by atoms with E-state index in [4.69, 9.17) is 16.3 Å². The van der Waals surface area contributed by atoms with E-state index in [9.17, 15) is 0 Å². The zero-order chi connectivity index (χ0) is 11.5. The maximum atomic E-state index is 5.99. The summed E-state index contributed by atoms with van der Waals surface area (Å²) in [6.07, 6.45) is 1.67. The number of hydrogen-bond donors (Lipinski definition) is 0. The molecule has 0 unspecified atom stereocenters. The van der Waals surface area contributed by atoms with Crippen LogP contribution in [0.2, 0.25) is 5.02 Å². The van der Waals surface area contributed by atoms with Crippen molar-refractivity contribution < 1.29 is 4.74 Å². The number of halogens is 3. The van der Waals surface area contributed by atoms with Crippen LogP contribution in [0.5, 0.6) is 11.6 Å². The molecule has 0 aliphatic heterocycles. The second-order valence-electron chi connectivity index (χ2n) is 2.99. The molecule has 0 spiro atoms. The van der Waals surface area contributed by atoms with Crippen LogP contribution in [0.1, 0.15) is 0 Å². The topological polar surface area (TPSA) is 22.1 Å². The van der Waals surface area contributed by atoms with Crippen LogP contribution >= 0.6 is 43.5 Å². The van der Waals surface area contributed by atoms with Crippen LogP contribution in [0, 0.1) is 0 Å². The van der Waals surface area contributed by atoms with Crippen LogP contribution in [0.25, 0.3) is 0 Å². The van der Waals surface area contributed by atoms with E-state index in [0.717, 1.165) is 8.95 Å². The Bertz CT molecular complexity index is 502. The molecule has 0 N–H and O–H groups in total. The van der Waals surface area contributed by atoms with Gasteiger partial charge in [-0.3, -0.25) is 0 Å². The maximum Gasteiger partial charge on any atom is 0.219 e. The van der Waals surface area contributed by atoms with Gasteiger partial charge in [0, 0.05) is 21.2 Å². The number of pyridine rings is 1. The highest BCUT2D eigenvalue weighted by Gasteiger charge is 2.04. The maximum absolute atomic E-state index is 5.99. The average Bonchev–Trinajstić information content (AvgIpc) is 2.27. The first-order chi connectivity index (χ1) is 7.65. The van der Waals surface area contributed by atoms with Crippen LogP contribution in [0.3, 0.4) is 0 Å². The Morgan fingerprint density at radius 1 is 1.06 bits per heavy atom. The lowest BCUT2D eigenvalue weighted by Crippen LogP contribution is -1.88. The van der Waals surface area contributed by atoms with Crippen molar-refractivity contribution in [3.8, 4) is 11.6 Å². The van der Waals surface area contributed by atoms with E-state index in [1.165, 1.54) is 0 Å². The summed E-state index contributed by atoms with van der Waals surface area (Å²) < 4.78 is 7.36. The van der Waals surface area contributed by atoms with Crippen molar-refractivity contribution in [2.75, 3.05) is 0 Å². The molecule has 5 heteroatoms. The number of rotatable bonds is 2. The van der Waals surface area contributed by atoms with E-state index in [1.807, 2.05) is 12.1 Å². The molecule has 0 saturated carbocycles. The molecule has 2 nitrogen and oxygen atoms in total. The van der Waals surface area contributed by atoms with E-state index in [-0.39, 0.29) is 0 Å². The molecule has 0 radical (unpaired) electrons. The molecule has 16 heavy (non-hydrogen) atoms. The van der Waals surface area contributed by atoms with Gasteiger partial charge in [-0.25, -0.2) is 4.98 Å². The van der Waals surface area contributed by atoms with Crippen LogP contribution in [0.15, 0.2) is 45.5 Å². The van der Waals surface area contributed by atoms with Gasteiger partial charge in [-0.15, -0.1) is 0 Å². The highest BCUT2D eigenvalue weighted by molar-refractivity contribution is 9.10. The lowest BCUT2D eigenvalue weighted by atomic mass is 10.3. The minimum absolute atomic E-state index is 0.503. The molecule has 1 aromatic carbocycles. The molecule has 0 amide bonds. The zero-order valence-electron chi connectivity index (χ0n) is 7.95. The van der Waals surface area contributed by atoms with Crippen molar-refractivity contribution in [3.63, 3.8) is 0 Å². The molecule has 2 aromatic rings. The third kappa shape index (κ3) is 2.97. The molecule has 1 heterocycles. The van der Waals surface area contributed by atoms with Gasteiger partial charge in [-0.05, 0) is 40.2 Å². The summed E-state index contributed by atoms with van der Waals surface area (Å²) >= 11 is 12.7. The standard InChI is InChI=1S/C11H6Br2ClNO/c12-7-1-3-9(14)10(5-7)16-11-4-2-8(13)6-15-11/h1-6H. The Labute approximate surface area is 115 Å². The van der Waals surface area contributed by atoms with Crippen LogP contribution in [0.4, 0.5) is 0 Å². The second kappa shape index (κ2) is 5.17. The third-order valence-electron chi connectivity index (χ3n) is 1.81. The van der Waals surface area contributed by atoms with Gasteiger partial charge in [0.25, 0.3) is 0 Å². The molecule has 82 valence electrons. The predicted molar refractivity (Wildman–Crippen MR) is 71.2 cm³/mol. The number of benzene rings is 1. The minimum Gasteiger partial charge on any atom is -0.437 e. The Balaban J connectivity index is 2.26. The molecule has 2 rings (SSSR count). The SMILES string of the molecule is Clc1ccc(Br)cc1Oc1ccc(Br)cn1. The van der Waals surface area contributed by atoms with Gasteiger partial charge in [0.2, 0.25) is 5.88 Å². The monoisotopic (exact) mass is 361 g/mol. The Morgan fingerprint density at radius 3 is 2.50 bits per heavy atom. The minimum atomic E-state index is 0.503. The van der Waals surface area contributed by atoms with E-state index in [1.54, 1.807) is 24.4 Å². The highest BCUT2D eigenvalue weighted by atomic mass is 79.9. The van der Waals surface area contributed by atoms with Crippen molar-refractivity contribution >= 4 is 43.5 Å². The summed E-state index contributed by atoms with van der Waals surface area (Å²) in [5, 5.41) is 0.549. The molecule has 0 aliphatic rings. The Hall–Kier alpha value is -0.580. The first kappa shape index (κ1) is 11.9. The molecule has 0 saturated heterocycles.